The molecule has 2 nitrogen and oxygen atoms in total. The lowest BCUT2D eigenvalue weighted by molar-refractivity contribution is 0.914. The average molecular weight is 495 g/mol. The van der Waals surface area contributed by atoms with E-state index >= 15 is 0 Å². The molecule has 0 unspecified atom stereocenters. The Morgan fingerprint density at radius 1 is 0.743 bits per heavy atom. The molecule has 0 saturated heterocycles. The zero-order valence-electron chi connectivity index (χ0n) is 19.1. The molecule has 0 N–H and O–H groups in total. The number of halogens is 2. The van der Waals surface area contributed by atoms with Crippen LogP contribution in [0.3, 0.4) is 0 Å². The van der Waals surface area contributed by atoms with Crippen molar-refractivity contribution in [2.75, 3.05) is 0 Å². The van der Waals surface area contributed by atoms with E-state index in [1.54, 1.807) is 6.07 Å². The van der Waals surface area contributed by atoms with E-state index in [-0.39, 0.29) is 0 Å². The first kappa shape index (κ1) is 23.2. The molecule has 0 aliphatic heterocycles. The monoisotopic (exact) mass is 494 g/mol. The summed E-state index contributed by atoms with van der Waals surface area (Å²) in [4.78, 5) is 4.97. The van der Waals surface area contributed by atoms with E-state index in [1.807, 2.05) is 42.6 Å². The molecule has 4 heteroatoms. The molecule has 0 bridgehead atoms. The van der Waals surface area contributed by atoms with Crippen LogP contribution in [0.1, 0.15) is 22.5 Å². The molecular formula is C31H24Cl2N2. The number of benzene rings is 4. The Kier molecular flexibility index (Phi) is 7.13. The zero-order chi connectivity index (χ0) is 24.0. The van der Waals surface area contributed by atoms with Gasteiger partial charge in [-0.3, -0.25) is 0 Å². The maximum Gasteiger partial charge on any atom is 0.118 e. The minimum absolute atomic E-state index is 0.591. The van der Waals surface area contributed by atoms with Crippen LogP contribution in [0, 0.1) is 0 Å². The van der Waals surface area contributed by atoms with Crippen LogP contribution in [-0.2, 0) is 12.8 Å². The van der Waals surface area contributed by atoms with Gasteiger partial charge in [0.1, 0.15) is 5.82 Å². The summed E-state index contributed by atoms with van der Waals surface area (Å²) in [5.74, 6) is 0.949. The first-order valence-electron chi connectivity index (χ1n) is 11.5. The third-order valence-corrected chi connectivity index (χ3v) is 6.42. The molecule has 5 aromatic rings. The van der Waals surface area contributed by atoms with Crippen LogP contribution in [0.15, 0.2) is 115 Å². The standard InChI is InChI=1S/C31H24Cl2N2/c32-26-18-19-28(29(33)21-26)30-22-35(27-12-5-2-6-13-27)31(34-30)20-25-16-14-24(15-17-25)11-7-10-23-8-3-1-4-9-23/h1-9,11-19,21-22H,10,20H2. The topological polar surface area (TPSA) is 17.8 Å². The highest BCUT2D eigenvalue weighted by molar-refractivity contribution is 6.36. The molecule has 0 fully saturated rings. The van der Waals surface area contributed by atoms with Crippen LogP contribution in [0.4, 0.5) is 0 Å². The lowest BCUT2D eigenvalue weighted by Crippen LogP contribution is -2.01. The van der Waals surface area contributed by atoms with E-state index in [2.05, 4.69) is 77.4 Å². The number of rotatable bonds is 7. The summed E-state index contributed by atoms with van der Waals surface area (Å²) in [6, 6.07) is 34.9. The molecule has 1 aromatic heterocycles. The van der Waals surface area contributed by atoms with Crippen molar-refractivity contribution in [1.82, 2.24) is 9.55 Å². The maximum absolute atomic E-state index is 6.49. The van der Waals surface area contributed by atoms with Crippen LogP contribution in [0.5, 0.6) is 0 Å². The molecule has 0 saturated carbocycles. The quantitative estimate of drug-likeness (QED) is 0.221. The lowest BCUT2D eigenvalue weighted by atomic mass is 10.1. The second-order valence-electron chi connectivity index (χ2n) is 8.38. The Bertz CT molecular complexity index is 1440. The van der Waals surface area contributed by atoms with Gasteiger partial charge in [0.2, 0.25) is 0 Å². The average Bonchev–Trinajstić information content (AvgIpc) is 3.29. The van der Waals surface area contributed by atoms with Gasteiger partial charge in [-0.15, -0.1) is 0 Å². The van der Waals surface area contributed by atoms with Crippen molar-refractivity contribution in [2.45, 2.75) is 12.8 Å². The lowest BCUT2D eigenvalue weighted by Gasteiger charge is -2.08. The normalized spacial score (nSPS) is 11.3. The van der Waals surface area contributed by atoms with Gasteiger partial charge < -0.3 is 4.57 Å². The summed E-state index contributed by atoms with van der Waals surface area (Å²) in [6.45, 7) is 0. The van der Waals surface area contributed by atoms with Gasteiger partial charge in [0.05, 0.1) is 10.7 Å². The molecule has 0 amide bonds. The van der Waals surface area contributed by atoms with Crippen molar-refractivity contribution in [1.29, 1.82) is 0 Å². The third-order valence-electron chi connectivity index (χ3n) is 5.87. The van der Waals surface area contributed by atoms with Gasteiger partial charge in [-0.05, 0) is 53.4 Å². The smallest absolute Gasteiger partial charge is 0.118 e. The fourth-order valence-electron chi connectivity index (χ4n) is 4.06. The van der Waals surface area contributed by atoms with Crippen molar-refractivity contribution in [2.24, 2.45) is 0 Å². The summed E-state index contributed by atoms with van der Waals surface area (Å²) < 4.78 is 2.13. The molecule has 0 aliphatic rings. The van der Waals surface area contributed by atoms with Crippen molar-refractivity contribution < 1.29 is 0 Å². The summed E-state index contributed by atoms with van der Waals surface area (Å²) in [7, 11) is 0. The minimum Gasteiger partial charge on any atom is -0.303 e. The van der Waals surface area contributed by atoms with Gasteiger partial charge in [-0.2, -0.15) is 0 Å². The number of allylic oxidation sites excluding steroid dienone is 1. The Hall–Kier alpha value is -3.59. The number of hydrogen-bond donors (Lipinski definition) is 0. The fourth-order valence-corrected chi connectivity index (χ4v) is 4.56. The van der Waals surface area contributed by atoms with Gasteiger partial charge >= 0.3 is 0 Å². The Morgan fingerprint density at radius 3 is 2.17 bits per heavy atom. The molecule has 4 aromatic carbocycles. The van der Waals surface area contributed by atoms with E-state index in [0.29, 0.717) is 16.5 Å². The van der Waals surface area contributed by atoms with Crippen molar-refractivity contribution in [3.63, 3.8) is 0 Å². The predicted molar refractivity (Wildman–Crippen MR) is 147 cm³/mol. The summed E-state index contributed by atoms with van der Waals surface area (Å²) in [6.07, 6.45) is 8.04. The highest BCUT2D eigenvalue weighted by Crippen LogP contribution is 2.31. The highest BCUT2D eigenvalue weighted by atomic mass is 35.5. The number of aromatic nitrogens is 2. The highest BCUT2D eigenvalue weighted by Gasteiger charge is 2.14. The van der Waals surface area contributed by atoms with Crippen molar-refractivity contribution >= 4 is 29.3 Å². The number of imidazole rings is 1. The second kappa shape index (κ2) is 10.8. The van der Waals surface area contributed by atoms with Gasteiger partial charge in [0, 0.05) is 28.9 Å². The van der Waals surface area contributed by atoms with Gasteiger partial charge in [-0.1, -0.05) is 108 Å². The third kappa shape index (κ3) is 5.74. The van der Waals surface area contributed by atoms with E-state index in [0.717, 1.165) is 29.2 Å². The van der Waals surface area contributed by atoms with Crippen LogP contribution in [0.2, 0.25) is 10.0 Å². The zero-order valence-corrected chi connectivity index (χ0v) is 20.6. The van der Waals surface area contributed by atoms with E-state index < -0.39 is 0 Å². The molecule has 1 heterocycles. The number of para-hydroxylation sites is 1. The van der Waals surface area contributed by atoms with Gasteiger partial charge in [-0.25, -0.2) is 4.98 Å². The SMILES string of the molecule is Clc1ccc(-c2cn(-c3ccccc3)c(Cc3ccc(C=CCc4ccccc4)cc3)n2)c(Cl)c1. The van der Waals surface area contributed by atoms with E-state index in [9.17, 15) is 0 Å². The first-order valence-corrected chi connectivity index (χ1v) is 12.3. The van der Waals surface area contributed by atoms with Crippen LogP contribution in [-0.4, -0.2) is 9.55 Å². The van der Waals surface area contributed by atoms with Crippen LogP contribution in [0.25, 0.3) is 23.0 Å². The van der Waals surface area contributed by atoms with E-state index in [4.69, 9.17) is 28.2 Å². The molecule has 0 aliphatic carbocycles. The Labute approximate surface area is 216 Å². The van der Waals surface area contributed by atoms with Crippen molar-refractivity contribution in [3.8, 4) is 16.9 Å². The molecular weight excluding hydrogens is 471 g/mol. The first-order chi connectivity index (χ1) is 17.2. The van der Waals surface area contributed by atoms with Crippen LogP contribution >= 0.6 is 23.2 Å². The molecule has 0 atom stereocenters. The molecule has 5 rings (SSSR count). The molecule has 0 spiro atoms. The van der Waals surface area contributed by atoms with Crippen molar-refractivity contribution in [3.05, 3.63) is 148 Å². The molecule has 35 heavy (non-hydrogen) atoms. The van der Waals surface area contributed by atoms with E-state index in [1.165, 1.54) is 16.7 Å². The predicted octanol–water partition coefficient (Wildman–Crippen LogP) is 8.69. The summed E-state index contributed by atoms with van der Waals surface area (Å²) in [5, 5.41) is 1.20. The number of nitrogens with zero attached hydrogens (tertiary/aromatic N) is 2. The maximum atomic E-state index is 6.49. The Morgan fingerprint density at radius 2 is 1.46 bits per heavy atom. The van der Waals surface area contributed by atoms with Gasteiger partial charge in [0.15, 0.2) is 0 Å². The van der Waals surface area contributed by atoms with Gasteiger partial charge in [0.25, 0.3) is 0 Å². The molecule has 0 radical (unpaired) electrons. The minimum atomic E-state index is 0.591. The fraction of sp³-hybridized carbons (Fsp3) is 0.0645. The number of hydrogen-bond acceptors (Lipinski definition) is 1. The summed E-state index contributed by atoms with van der Waals surface area (Å²) >= 11 is 12.6. The largest absolute Gasteiger partial charge is 0.303 e. The second-order valence-corrected chi connectivity index (χ2v) is 9.23. The summed E-state index contributed by atoms with van der Waals surface area (Å²) in [5.41, 5.74) is 6.44. The Balaban J connectivity index is 1.39. The molecule has 172 valence electrons. The van der Waals surface area contributed by atoms with Crippen LogP contribution < -0.4 is 0 Å².